The Morgan fingerprint density at radius 2 is 1.70 bits per heavy atom. The molecule has 1 aromatic rings. The van der Waals surface area contributed by atoms with Crippen molar-refractivity contribution in [1.82, 2.24) is 3.80 Å². The average molecular weight is 390 g/mol. The van der Waals surface area contributed by atoms with Crippen LogP contribution in [0.15, 0.2) is 41.5 Å². The molecule has 1 nitrogen and oxygen atoms in total. The zero-order valence-electron chi connectivity index (χ0n) is 15.0. The Hall–Kier alpha value is -0.0457. The summed E-state index contributed by atoms with van der Waals surface area (Å²) < 4.78 is 4.39. The monoisotopic (exact) mass is 389 g/mol. The summed E-state index contributed by atoms with van der Waals surface area (Å²) in [7, 11) is 0. The van der Waals surface area contributed by atoms with E-state index in [0.717, 1.165) is 6.42 Å². The molecule has 0 saturated carbocycles. The molecule has 0 amide bonds. The molecule has 0 aliphatic heterocycles. The van der Waals surface area contributed by atoms with E-state index >= 15 is 0 Å². The third-order valence-corrected chi connectivity index (χ3v) is 6.63. The van der Waals surface area contributed by atoms with Gasteiger partial charge >= 0.3 is 139 Å². The average Bonchev–Trinajstić information content (AvgIpc) is 2.75. The third kappa shape index (κ3) is 6.07. The van der Waals surface area contributed by atoms with Gasteiger partial charge in [0.05, 0.1) is 0 Å². The van der Waals surface area contributed by atoms with Gasteiger partial charge in [-0.15, -0.1) is 24.8 Å². The van der Waals surface area contributed by atoms with Gasteiger partial charge in [0.15, 0.2) is 0 Å². The number of hydrogen-bond donors (Lipinski definition) is 1. The van der Waals surface area contributed by atoms with Gasteiger partial charge in [0, 0.05) is 0 Å². The van der Waals surface area contributed by atoms with E-state index in [1.807, 2.05) is 0 Å². The van der Waals surface area contributed by atoms with Gasteiger partial charge in [-0.2, -0.15) is 0 Å². The number of allylic oxidation sites excluding steroid dienone is 4. The van der Waals surface area contributed by atoms with Crippen LogP contribution in [0.3, 0.4) is 0 Å². The maximum Gasteiger partial charge on any atom is -0.147 e. The van der Waals surface area contributed by atoms with Gasteiger partial charge in [-0.3, -0.25) is 0 Å². The third-order valence-electron chi connectivity index (χ3n) is 4.07. The van der Waals surface area contributed by atoms with E-state index in [9.17, 15) is 0 Å². The van der Waals surface area contributed by atoms with Gasteiger partial charge < -0.3 is 0 Å². The van der Waals surface area contributed by atoms with Crippen LogP contribution in [-0.2, 0) is 19.4 Å². The summed E-state index contributed by atoms with van der Waals surface area (Å²) >= 11 is -0.200. The largest absolute Gasteiger partial charge is 0.147 e. The van der Waals surface area contributed by atoms with E-state index in [0.29, 0.717) is 4.22 Å². The van der Waals surface area contributed by atoms with E-state index < -0.39 is 0 Å². The fourth-order valence-corrected chi connectivity index (χ4v) is 4.31. The van der Waals surface area contributed by atoms with E-state index in [2.05, 4.69) is 75.7 Å². The van der Waals surface area contributed by atoms with Crippen LogP contribution in [0, 0.1) is 0 Å². The molecule has 0 saturated heterocycles. The van der Waals surface area contributed by atoms with Crippen LogP contribution in [0.2, 0.25) is 0 Å². The molecular formula is C19H29Cl2NTi. The van der Waals surface area contributed by atoms with Crippen molar-refractivity contribution in [3.63, 3.8) is 0 Å². The number of nitrogens with one attached hydrogen (secondary N) is 1. The van der Waals surface area contributed by atoms with Gasteiger partial charge in [0.1, 0.15) is 0 Å². The van der Waals surface area contributed by atoms with E-state index in [-0.39, 0.29) is 49.8 Å². The molecule has 4 heteroatoms. The van der Waals surface area contributed by atoms with E-state index in [1.54, 1.807) is 0 Å². The van der Waals surface area contributed by atoms with Crippen molar-refractivity contribution in [2.24, 2.45) is 0 Å². The predicted octanol–water partition coefficient (Wildman–Crippen LogP) is 6.10. The molecular weight excluding hydrogens is 361 g/mol. The van der Waals surface area contributed by atoms with E-state index in [4.69, 9.17) is 0 Å². The summed E-state index contributed by atoms with van der Waals surface area (Å²) in [4.78, 5) is 0. The Kier molecular flexibility index (Phi) is 9.42. The first-order valence-electron chi connectivity index (χ1n) is 7.78. The second-order valence-electron chi connectivity index (χ2n) is 7.02. The molecule has 0 spiro atoms. The number of rotatable bonds is 4. The van der Waals surface area contributed by atoms with Crippen molar-refractivity contribution in [2.75, 3.05) is 0 Å². The Labute approximate surface area is 163 Å². The molecule has 0 radical (unpaired) electrons. The smallest absolute Gasteiger partial charge is 0.147 e. The van der Waals surface area contributed by atoms with Gasteiger partial charge in [-0.25, -0.2) is 0 Å². The van der Waals surface area contributed by atoms with Crippen LogP contribution in [0.5, 0.6) is 0 Å². The Balaban J connectivity index is 0.00000242. The minimum Gasteiger partial charge on any atom is -0.147 e. The zero-order valence-corrected chi connectivity index (χ0v) is 18.2. The Morgan fingerprint density at radius 3 is 2.22 bits per heavy atom. The molecule has 2 rings (SSSR count). The molecule has 1 aliphatic carbocycles. The van der Waals surface area contributed by atoms with Crippen LogP contribution in [0.25, 0.3) is 5.57 Å². The first-order chi connectivity index (χ1) is 9.79. The van der Waals surface area contributed by atoms with Crippen LogP contribution >= 0.6 is 24.8 Å². The minimum atomic E-state index is -0.200. The minimum absolute atomic E-state index is 0. The number of halogens is 2. The van der Waals surface area contributed by atoms with Crippen molar-refractivity contribution in [2.45, 2.75) is 57.7 Å². The van der Waals surface area contributed by atoms with Crippen molar-refractivity contribution in [1.29, 1.82) is 0 Å². The first-order valence-corrected chi connectivity index (χ1v) is 9.46. The second kappa shape index (κ2) is 9.44. The van der Waals surface area contributed by atoms with Crippen LogP contribution < -0.4 is 3.80 Å². The van der Waals surface area contributed by atoms with Crippen molar-refractivity contribution in [3.05, 3.63) is 52.6 Å². The molecule has 128 valence electrons. The summed E-state index contributed by atoms with van der Waals surface area (Å²) in [6.07, 6.45) is 3.45. The van der Waals surface area contributed by atoms with Gasteiger partial charge in [0.2, 0.25) is 0 Å². The Bertz CT molecular complexity index is 585. The Morgan fingerprint density at radius 1 is 1.09 bits per heavy atom. The molecule has 0 aromatic heterocycles. The summed E-state index contributed by atoms with van der Waals surface area (Å²) in [6.45, 7) is 13.6. The fourth-order valence-electron chi connectivity index (χ4n) is 2.66. The maximum absolute atomic E-state index is 3.75. The van der Waals surface area contributed by atoms with Gasteiger partial charge in [0.25, 0.3) is 0 Å². The first kappa shape index (κ1) is 23.0. The summed E-state index contributed by atoms with van der Waals surface area (Å²) in [5.41, 5.74) is 7.65. The molecule has 0 bridgehead atoms. The number of hydrogen-bond acceptors (Lipinski definition) is 1. The summed E-state index contributed by atoms with van der Waals surface area (Å²) in [6, 6.07) is 8.99. The SMILES string of the molecule is CC1=CCC(c2ccccc2[CH](C)[Ti][NH]C(C)(C)C)=C1C.Cl.Cl. The molecule has 23 heavy (non-hydrogen) atoms. The maximum atomic E-state index is 3.75. The van der Waals surface area contributed by atoms with Gasteiger partial charge in [-0.05, 0) is 0 Å². The molecule has 0 heterocycles. The molecule has 1 N–H and O–H groups in total. The zero-order chi connectivity index (χ0) is 15.6. The summed E-state index contributed by atoms with van der Waals surface area (Å²) in [5, 5.41) is 0. The van der Waals surface area contributed by atoms with Crippen molar-refractivity contribution >= 4 is 30.4 Å². The predicted molar refractivity (Wildman–Crippen MR) is 103 cm³/mol. The second-order valence-corrected chi connectivity index (χ2v) is 9.22. The van der Waals surface area contributed by atoms with Crippen LogP contribution in [-0.4, -0.2) is 5.54 Å². The number of benzene rings is 1. The van der Waals surface area contributed by atoms with Crippen molar-refractivity contribution < 1.29 is 19.4 Å². The molecule has 1 unspecified atom stereocenters. The molecule has 0 fully saturated rings. The topological polar surface area (TPSA) is 12.0 Å². The van der Waals surface area contributed by atoms with Gasteiger partial charge in [-0.1, -0.05) is 0 Å². The normalized spacial score (nSPS) is 15.5. The molecule has 1 atom stereocenters. The van der Waals surface area contributed by atoms with Crippen molar-refractivity contribution in [3.8, 4) is 0 Å². The quantitative estimate of drug-likeness (QED) is 0.613. The van der Waals surface area contributed by atoms with E-state index in [1.165, 1.54) is 27.8 Å². The molecule has 1 aromatic carbocycles. The summed E-state index contributed by atoms with van der Waals surface area (Å²) in [5.74, 6) is 0. The fraction of sp³-hybridized carbons (Fsp3) is 0.474. The molecule has 1 aliphatic rings. The standard InChI is InChI=1S/C15H17.C4H10N.2ClH.Ti/c1-4-13-7-5-6-8-15(13)14-10-9-11(2)12(14)3;1-4(2,3)5;;;/h4-9H,10H2,1-3H3;5H,1-3H3;2*1H;/q;-1;;;+1. The van der Waals surface area contributed by atoms with Crippen LogP contribution in [0.1, 0.15) is 63.3 Å². The van der Waals surface area contributed by atoms with Crippen LogP contribution in [0.4, 0.5) is 0 Å².